The minimum Gasteiger partial charge on any atom is -0.369 e. The van der Waals surface area contributed by atoms with Crippen LogP contribution in [0.15, 0.2) is 24.3 Å². The molecule has 2 aromatic rings. The molecule has 1 aromatic heterocycles. The number of sulfonamides is 1. The maximum Gasteiger partial charge on any atom is 0.216 e. The molecule has 0 spiro atoms. The predicted octanol–water partition coefficient (Wildman–Crippen LogP) is 3.01. The molecule has 6 heteroatoms. The van der Waals surface area contributed by atoms with Gasteiger partial charge in [0.1, 0.15) is 0 Å². The van der Waals surface area contributed by atoms with E-state index in [0.717, 1.165) is 35.2 Å². The lowest BCUT2D eigenvalue weighted by molar-refractivity contribution is 0.557. The summed E-state index contributed by atoms with van der Waals surface area (Å²) in [6, 6.07) is 8.05. The van der Waals surface area contributed by atoms with Crippen LogP contribution in [-0.2, 0) is 16.4 Å². The fourth-order valence-electron chi connectivity index (χ4n) is 3.75. The summed E-state index contributed by atoms with van der Waals surface area (Å²) >= 11 is 0. The zero-order valence-corrected chi connectivity index (χ0v) is 16.2. The Morgan fingerprint density at radius 3 is 2.72 bits per heavy atom. The van der Waals surface area contributed by atoms with Crippen molar-refractivity contribution in [3.05, 3.63) is 35.5 Å². The molecule has 1 aliphatic rings. The van der Waals surface area contributed by atoms with Crippen molar-refractivity contribution in [1.82, 2.24) is 9.71 Å². The highest BCUT2D eigenvalue weighted by molar-refractivity contribution is 7.90. The molecule has 1 aromatic carbocycles. The zero-order valence-electron chi connectivity index (χ0n) is 15.4. The van der Waals surface area contributed by atoms with E-state index in [1.165, 1.54) is 5.56 Å². The van der Waals surface area contributed by atoms with Crippen molar-refractivity contribution in [3.63, 3.8) is 0 Å². The molecule has 0 radical (unpaired) electrons. The van der Waals surface area contributed by atoms with Crippen LogP contribution in [0.25, 0.3) is 10.9 Å². The lowest BCUT2D eigenvalue weighted by Crippen LogP contribution is -2.39. The van der Waals surface area contributed by atoms with Gasteiger partial charge in [-0.2, -0.15) is 0 Å². The van der Waals surface area contributed by atoms with Crippen LogP contribution in [0.5, 0.6) is 0 Å². The Morgan fingerprint density at radius 2 is 2.04 bits per heavy atom. The first-order chi connectivity index (χ1) is 11.8. The monoisotopic (exact) mass is 361 g/mol. The number of hydrogen-bond acceptors (Lipinski definition) is 4. The highest BCUT2D eigenvalue weighted by atomic mass is 32.2. The first-order valence-electron chi connectivity index (χ1n) is 8.97. The number of fused-ring (bicyclic) bond motifs is 1. The Hall–Kier alpha value is -1.66. The van der Waals surface area contributed by atoms with Gasteiger partial charge in [-0.25, -0.2) is 13.1 Å². The molecule has 0 amide bonds. The average Bonchev–Trinajstić information content (AvgIpc) is 3.02. The molecule has 1 unspecified atom stereocenters. The summed E-state index contributed by atoms with van der Waals surface area (Å²) in [7, 11) is -3.29. The number of para-hydroxylation sites is 1. The number of nitrogens with zero attached hydrogens (tertiary/aromatic N) is 2. The van der Waals surface area contributed by atoms with E-state index >= 15 is 0 Å². The second-order valence-corrected chi connectivity index (χ2v) is 9.06. The minimum absolute atomic E-state index is 0.0748. The van der Waals surface area contributed by atoms with E-state index in [-0.39, 0.29) is 11.3 Å². The standard InChI is InChI=1S/C19H27N3O2S/c1-5-16-14(4)20-18-9-7-6-8-17(18)19(16)22-11-10-15(12-22)25(23,24)21-13(2)3/h6-9,13,15,21H,5,10-12H2,1-4H3. The maximum atomic E-state index is 12.6. The molecule has 0 bridgehead atoms. The molecule has 1 aliphatic heterocycles. The van der Waals surface area contributed by atoms with Gasteiger partial charge in [0.25, 0.3) is 0 Å². The van der Waals surface area contributed by atoms with Gasteiger partial charge < -0.3 is 4.90 Å². The maximum absolute atomic E-state index is 12.6. The van der Waals surface area contributed by atoms with Gasteiger partial charge in [0.05, 0.1) is 16.5 Å². The fraction of sp³-hybridized carbons (Fsp3) is 0.526. The SMILES string of the molecule is CCc1c(C)nc2ccccc2c1N1CCC(S(=O)(=O)NC(C)C)C1. The molecule has 1 fully saturated rings. The van der Waals surface area contributed by atoms with Crippen LogP contribution in [0.1, 0.15) is 38.4 Å². The van der Waals surface area contributed by atoms with Crippen LogP contribution < -0.4 is 9.62 Å². The van der Waals surface area contributed by atoms with E-state index in [0.29, 0.717) is 13.0 Å². The molecular weight excluding hydrogens is 334 g/mol. The van der Waals surface area contributed by atoms with Crippen LogP contribution in [0.2, 0.25) is 0 Å². The summed E-state index contributed by atoms with van der Waals surface area (Å²) in [5.41, 5.74) is 4.38. The average molecular weight is 362 g/mol. The number of pyridine rings is 1. The lowest BCUT2D eigenvalue weighted by Gasteiger charge is -2.25. The van der Waals surface area contributed by atoms with Crippen LogP contribution >= 0.6 is 0 Å². The Bertz CT molecular complexity index is 878. The fourth-order valence-corrected chi connectivity index (χ4v) is 5.39. The highest BCUT2D eigenvalue weighted by Crippen LogP contribution is 2.35. The van der Waals surface area contributed by atoms with Gasteiger partial charge in [-0.15, -0.1) is 0 Å². The van der Waals surface area contributed by atoms with Gasteiger partial charge in [-0.3, -0.25) is 4.98 Å². The molecule has 0 saturated carbocycles. The van der Waals surface area contributed by atoms with Crippen LogP contribution in [0.3, 0.4) is 0 Å². The largest absolute Gasteiger partial charge is 0.369 e. The van der Waals surface area contributed by atoms with E-state index in [2.05, 4.69) is 22.6 Å². The van der Waals surface area contributed by atoms with Crippen molar-refractivity contribution in [2.75, 3.05) is 18.0 Å². The number of anilines is 1. The number of hydrogen-bond donors (Lipinski definition) is 1. The van der Waals surface area contributed by atoms with Crippen molar-refractivity contribution in [1.29, 1.82) is 0 Å². The van der Waals surface area contributed by atoms with Gasteiger partial charge in [0.15, 0.2) is 0 Å². The van der Waals surface area contributed by atoms with E-state index < -0.39 is 10.0 Å². The molecule has 2 heterocycles. The summed E-state index contributed by atoms with van der Waals surface area (Å²) in [4.78, 5) is 6.96. The summed E-state index contributed by atoms with van der Waals surface area (Å²) in [6.45, 7) is 9.18. The smallest absolute Gasteiger partial charge is 0.216 e. The van der Waals surface area contributed by atoms with Crippen LogP contribution in [0.4, 0.5) is 5.69 Å². The quantitative estimate of drug-likeness (QED) is 0.889. The van der Waals surface area contributed by atoms with E-state index in [4.69, 9.17) is 4.98 Å². The topological polar surface area (TPSA) is 62.3 Å². The second-order valence-electron chi connectivity index (χ2n) is 7.07. The van der Waals surface area contributed by atoms with Gasteiger partial charge in [0, 0.05) is 30.2 Å². The predicted molar refractivity (Wildman–Crippen MR) is 104 cm³/mol. The third kappa shape index (κ3) is 3.51. The first kappa shape index (κ1) is 18.1. The number of aryl methyl sites for hydroxylation is 1. The Kier molecular flexibility index (Phi) is 5.02. The summed E-state index contributed by atoms with van der Waals surface area (Å²) in [5.74, 6) is 0. The normalized spacial score (nSPS) is 18.4. The lowest BCUT2D eigenvalue weighted by atomic mass is 10.0. The van der Waals surface area contributed by atoms with Crippen molar-refractivity contribution in [2.24, 2.45) is 0 Å². The Morgan fingerprint density at radius 1 is 1.32 bits per heavy atom. The van der Waals surface area contributed by atoms with Gasteiger partial charge in [0.2, 0.25) is 10.0 Å². The molecule has 25 heavy (non-hydrogen) atoms. The molecule has 136 valence electrons. The van der Waals surface area contributed by atoms with E-state index in [1.54, 1.807) is 0 Å². The molecule has 0 aliphatic carbocycles. The third-order valence-corrected chi connectivity index (χ3v) is 6.89. The van der Waals surface area contributed by atoms with Crippen molar-refractivity contribution in [2.45, 2.75) is 51.8 Å². The number of aromatic nitrogens is 1. The van der Waals surface area contributed by atoms with E-state index in [9.17, 15) is 8.42 Å². The second kappa shape index (κ2) is 6.92. The Labute approximate surface area is 150 Å². The molecule has 1 N–H and O–H groups in total. The Balaban J connectivity index is 2.01. The number of rotatable bonds is 5. The van der Waals surface area contributed by atoms with Crippen LogP contribution in [0, 0.1) is 6.92 Å². The summed E-state index contributed by atoms with van der Waals surface area (Å²) in [5, 5.41) is 0.742. The van der Waals surface area contributed by atoms with Crippen molar-refractivity contribution >= 4 is 26.6 Å². The van der Waals surface area contributed by atoms with Gasteiger partial charge in [-0.1, -0.05) is 25.1 Å². The zero-order chi connectivity index (χ0) is 18.2. The van der Waals surface area contributed by atoms with E-state index in [1.807, 2.05) is 39.0 Å². The summed E-state index contributed by atoms with van der Waals surface area (Å²) < 4.78 is 27.9. The molecule has 3 rings (SSSR count). The number of nitrogens with one attached hydrogen (secondary N) is 1. The molecule has 5 nitrogen and oxygen atoms in total. The third-order valence-electron chi connectivity index (χ3n) is 4.82. The van der Waals surface area contributed by atoms with Gasteiger partial charge in [-0.05, 0) is 45.2 Å². The van der Waals surface area contributed by atoms with Crippen LogP contribution in [-0.4, -0.2) is 37.8 Å². The molecular formula is C19H27N3O2S. The highest BCUT2D eigenvalue weighted by Gasteiger charge is 2.34. The van der Waals surface area contributed by atoms with Crippen molar-refractivity contribution in [3.8, 4) is 0 Å². The molecule has 1 saturated heterocycles. The molecule has 1 atom stereocenters. The van der Waals surface area contributed by atoms with Gasteiger partial charge >= 0.3 is 0 Å². The van der Waals surface area contributed by atoms with Crippen molar-refractivity contribution < 1.29 is 8.42 Å². The summed E-state index contributed by atoms with van der Waals surface area (Å²) in [6.07, 6.45) is 1.54. The minimum atomic E-state index is -3.29. The first-order valence-corrected chi connectivity index (χ1v) is 10.5. The number of benzene rings is 1.